The Labute approximate surface area is 272 Å². The third-order valence-electron chi connectivity index (χ3n) is 8.88. The fourth-order valence-corrected chi connectivity index (χ4v) is 6.02. The van der Waals surface area contributed by atoms with Crippen LogP contribution in [0.25, 0.3) is 6.08 Å². The molecule has 3 aliphatic heterocycles. The average Bonchev–Trinajstić information content (AvgIpc) is 3.45. The van der Waals surface area contributed by atoms with Gasteiger partial charge in [0, 0.05) is 25.6 Å². The molecule has 248 valence electrons. The number of nitrogens with one attached hydrogen (secondary N) is 3. The van der Waals surface area contributed by atoms with Gasteiger partial charge in [-0.3, -0.25) is 24.1 Å². The van der Waals surface area contributed by atoms with Gasteiger partial charge < -0.3 is 25.6 Å². The smallest absolute Gasteiger partial charge is 0.247 e. The van der Waals surface area contributed by atoms with E-state index in [4.69, 9.17) is 4.74 Å². The quantitative estimate of drug-likeness (QED) is 0.370. The van der Waals surface area contributed by atoms with Gasteiger partial charge in [0.25, 0.3) is 0 Å². The van der Waals surface area contributed by atoms with Crippen molar-refractivity contribution in [3.8, 4) is 5.75 Å². The van der Waals surface area contributed by atoms with Crippen molar-refractivity contribution in [3.63, 3.8) is 0 Å². The number of carbonyl (C=O) groups excluding carboxylic acids is 4. The van der Waals surface area contributed by atoms with Crippen LogP contribution in [0, 0.1) is 11.8 Å². The van der Waals surface area contributed by atoms with Crippen LogP contribution < -0.4 is 20.7 Å². The molecule has 0 saturated carbocycles. The van der Waals surface area contributed by atoms with E-state index in [-0.39, 0.29) is 42.5 Å². The monoisotopic (exact) mass is 631 g/mol. The third kappa shape index (κ3) is 8.75. The molecule has 0 aliphatic carbocycles. The van der Waals surface area contributed by atoms with Gasteiger partial charge in [-0.25, -0.2) is 0 Å². The fraction of sp³-hybridized carbons (Fsp3) is 0.500. The van der Waals surface area contributed by atoms with Gasteiger partial charge in [-0.2, -0.15) is 0 Å². The van der Waals surface area contributed by atoms with E-state index >= 15 is 0 Å². The molecule has 6 atom stereocenters. The highest BCUT2D eigenvalue weighted by atomic mass is 16.5. The Morgan fingerprint density at radius 1 is 1.02 bits per heavy atom. The molecule has 3 N–H and O–H groups in total. The standard InChI is InChI=1S/C36H49N5O5/c1-7-24(4)31(39-34(43)29(40(5)6)21-23(2)3)36(45)41-20-18-30-32(41)35(44)38-28(22-26-11-9-8-10-12-26)33(42)37-19-17-25-13-15-27(46-30)16-14-25/h8-17,19,23-24,28-32H,7,18,20-22H2,1-6H3,(H,37,42)(H,38,44)(H,39,43). The minimum atomic E-state index is -1.01. The number of likely N-dealkylation sites (N-methyl/N-ethyl adjacent to an activating group) is 1. The average molecular weight is 632 g/mol. The molecule has 6 unspecified atom stereocenters. The van der Waals surface area contributed by atoms with Crippen molar-refractivity contribution in [2.75, 3.05) is 20.6 Å². The maximum absolute atomic E-state index is 14.4. The number of fused-ring (bicyclic) bond motifs is 7. The molecule has 5 rings (SSSR count). The maximum Gasteiger partial charge on any atom is 0.247 e. The summed E-state index contributed by atoms with van der Waals surface area (Å²) in [5, 5.41) is 8.80. The number of carbonyl (C=O) groups is 4. The lowest BCUT2D eigenvalue weighted by atomic mass is 9.95. The first-order chi connectivity index (χ1) is 22.0. The summed E-state index contributed by atoms with van der Waals surface area (Å²) in [6.45, 7) is 8.30. The molecule has 2 bridgehead atoms. The lowest BCUT2D eigenvalue weighted by Gasteiger charge is -2.34. The van der Waals surface area contributed by atoms with Crippen molar-refractivity contribution in [3.05, 3.63) is 71.9 Å². The van der Waals surface area contributed by atoms with Crippen molar-refractivity contribution in [1.29, 1.82) is 0 Å². The zero-order valence-corrected chi connectivity index (χ0v) is 27.9. The van der Waals surface area contributed by atoms with E-state index in [1.54, 1.807) is 12.3 Å². The number of ether oxygens (including phenoxy) is 1. The lowest BCUT2D eigenvalue weighted by Crippen LogP contribution is -2.61. The van der Waals surface area contributed by atoms with Gasteiger partial charge in [0.15, 0.2) is 0 Å². The molecule has 0 spiro atoms. The highest BCUT2D eigenvalue weighted by molar-refractivity contribution is 5.96. The summed E-state index contributed by atoms with van der Waals surface area (Å²) in [6, 6.07) is 13.7. The topological polar surface area (TPSA) is 120 Å². The molecule has 3 aliphatic rings. The molecule has 0 aromatic heterocycles. The van der Waals surface area contributed by atoms with Crippen molar-refractivity contribution in [2.24, 2.45) is 11.8 Å². The van der Waals surface area contributed by atoms with Crippen LogP contribution in [0.3, 0.4) is 0 Å². The molecule has 10 heteroatoms. The van der Waals surface area contributed by atoms with Crippen molar-refractivity contribution < 1.29 is 23.9 Å². The number of likely N-dealkylation sites (tertiary alicyclic amines) is 1. The molecule has 2 aromatic carbocycles. The number of amides is 4. The molecule has 2 aromatic rings. The summed E-state index contributed by atoms with van der Waals surface area (Å²) in [5.74, 6) is -0.732. The lowest BCUT2D eigenvalue weighted by molar-refractivity contribution is -0.145. The number of nitrogens with zero attached hydrogens (tertiary/aromatic N) is 2. The molecule has 4 amide bonds. The van der Waals surface area contributed by atoms with E-state index in [2.05, 4.69) is 29.8 Å². The molecular weight excluding hydrogens is 582 g/mol. The normalized spacial score (nSPS) is 21.9. The van der Waals surface area contributed by atoms with Gasteiger partial charge in [-0.05, 0) is 61.7 Å². The maximum atomic E-state index is 14.4. The fourth-order valence-electron chi connectivity index (χ4n) is 6.02. The van der Waals surface area contributed by atoms with E-state index in [0.717, 1.165) is 11.1 Å². The van der Waals surface area contributed by atoms with Crippen molar-refractivity contribution in [2.45, 2.75) is 83.6 Å². The Morgan fingerprint density at radius 3 is 2.35 bits per heavy atom. The first kappa shape index (κ1) is 34.7. The predicted octanol–water partition coefficient (Wildman–Crippen LogP) is 3.37. The van der Waals surface area contributed by atoms with E-state index in [9.17, 15) is 19.2 Å². The first-order valence-electron chi connectivity index (χ1n) is 16.3. The van der Waals surface area contributed by atoms with Crippen LogP contribution >= 0.6 is 0 Å². The molecule has 3 heterocycles. The summed E-state index contributed by atoms with van der Waals surface area (Å²) in [7, 11) is 3.72. The predicted molar refractivity (Wildman–Crippen MR) is 179 cm³/mol. The zero-order valence-electron chi connectivity index (χ0n) is 27.9. The molecule has 46 heavy (non-hydrogen) atoms. The number of benzene rings is 2. The van der Waals surface area contributed by atoms with Crippen LogP contribution in [-0.2, 0) is 25.6 Å². The molecule has 10 nitrogen and oxygen atoms in total. The SMILES string of the molecule is CCC(C)C(NC(=O)C(CC(C)C)N(C)C)C(=O)N1CCC2Oc3ccc(cc3)C=CNC(=O)C(Cc3ccccc3)NC(=O)C21. The van der Waals surface area contributed by atoms with E-state index in [1.165, 1.54) is 4.90 Å². The van der Waals surface area contributed by atoms with Gasteiger partial charge in [-0.15, -0.1) is 0 Å². The van der Waals surface area contributed by atoms with Gasteiger partial charge in [-0.1, -0.05) is 76.6 Å². The summed E-state index contributed by atoms with van der Waals surface area (Å²) in [4.78, 5) is 59.0. The van der Waals surface area contributed by atoms with Gasteiger partial charge in [0.1, 0.15) is 30.0 Å². The molecular formula is C36H49N5O5. The van der Waals surface area contributed by atoms with E-state index in [0.29, 0.717) is 25.0 Å². The third-order valence-corrected chi connectivity index (χ3v) is 8.88. The molecule has 1 saturated heterocycles. The van der Waals surface area contributed by atoms with Crippen molar-refractivity contribution in [1.82, 2.24) is 25.8 Å². The Balaban J connectivity index is 1.67. The summed E-state index contributed by atoms with van der Waals surface area (Å²) >= 11 is 0. The van der Waals surface area contributed by atoms with Crippen LogP contribution in [0.5, 0.6) is 5.75 Å². The Kier molecular flexibility index (Phi) is 12.0. The number of rotatable bonds is 10. The molecule has 1 fully saturated rings. The van der Waals surface area contributed by atoms with E-state index in [1.807, 2.05) is 87.4 Å². The number of hydrogen-bond acceptors (Lipinski definition) is 6. The largest absolute Gasteiger partial charge is 0.488 e. The highest BCUT2D eigenvalue weighted by Crippen LogP contribution is 2.27. The van der Waals surface area contributed by atoms with Gasteiger partial charge >= 0.3 is 0 Å². The second-order valence-electron chi connectivity index (χ2n) is 13.1. The Morgan fingerprint density at radius 2 is 1.72 bits per heavy atom. The van der Waals surface area contributed by atoms with Crippen LogP contribution in [0.15, 0.2) is 60.8 Å². The minimum Gasteiger partial charge on any atom is -0.488 e. The van der Waals surface area contributed by atoms with Crippen LogP contribution in [-0.4, -0.2) is 84.3 Å². The Bertz CT molecular complexity index is 1380. The summed E-state index contributed by atoms with van der Waals surface area (Å²) in [5.41, 5.74) is 1.75. The summed E-state index contributed by atoms with van der Waals surface area (Å²) in [6.07, 6.45) is 4.65. The van der Waals surface area contributed by atoms with Gasteiger partial charge in [0.2, 0.25) is 23.6 Å². The van der Waals surface area contributed by atoms with Crippen LogP contribution in [0.2, 0.25) is 0 Å². The summed E-state index contributed by atoms with van der Waals surface area (Å²) < 4.78 is 6.36. The van der Waals surface area contributed by atoms with Crippen LogP contribution in [0.4, 0.5) is 0 Å². The second-order valence-corrected chi connectivity index (χ2v) is 13.1. The number of hydrogen-bond donors (Lipinski definition) is 3. The van der Waals surface area contributed by atoms with Gasteiger partial charge in [0.05, 0.1) is 6.04 Å². The first-order valence-corrected chi connectivity index (χ1v) is 16.3. The highest BCUT2D eigenvalue weighted by Gasteiger charge is 2.47. The molecule has 0 radical (unpaired) electrons. The van der Waals surface area contributed by atoms with Crippen LogP contribution in [0.1, 0.15) is 58.1 Å². The zero-order chi connectivity index (χ0) is 33.4. The second kappa shape index (κ2) is 15.9. The Hall–Kier alpha value is -4.18. The van der Waals surface area contributed by atoms with Crippen molar-refractivity contribution >= 4 is 29.7 Å². The van der Waals surface area contributed by atoms with E-state index < -0.39 is 36.2 Å². The minimum absolute atomic E-state index is 0.184.